The fourth-order valence-corrected chi connectivity index (χ4v) is 1.43. The zero-order chi connectivity index (χ0) is 10.8. The van der Waals surface area contributed by atoms with Crippen molar-refractivity contribution in [1.82, 2.24) is 0 Å². The average Bonchev–Trinajstić information content (AvgIpc) is 2.08. The number of hydrogen-bond donors (Lipinski definition) is 0. The van der Waals surface area contributed by atoms with Crippen LogP contribution in [0.2, 0.25) is 0 Å². The highest BCUT2D eigenvalue weighted by Crippen LogP contribution is 2.28. The molecule has 1 heterocycles. The summed E-state index contributed by atoms with van der Waals surface area (Å²) in [6.45, 7) is 11.0. The molecule has 0 aromatic carbocycles. The SMILES string of the molecule is CCC1=C/C(C)(C)/C=C\C(C)(C)/C=N\1. The number of aliphatic imine (C=N–C) groups is 1. The van der Waals surface area contributed by atoms with Gasteiger partial charge < -0.3 is 0 Å². The highest BCUT2D eigenvalue weighted by atomic mass is 14.7. The number of hydrogen-bond acceptors (Lipinski definition) is 1. The predicted molar refractivity (Wildman–Crippen MR) is 63.6 cm³/mol. The predicted octanol–water partition coefficient (Wildman–Crippen LogP) is 3.97. The van der Waals surface area contributed by atoms with E-state index in [2.05, 4.69) is 57.8 Å². The largest absolute Gasteiger partial charge is 0.265 e. The first kappa shape index (κ1) is 11.2. The number of rotatable bonds is 1. The van der Waals surface area contributed by atoms with Gasteiger partial charge in [0.25, 0.3) is 0 Å². The lowest BCUT2D eigenvalue weighted by atomic mass is 9.85. The van der Waals surface area contributed by atoms with Crippen LogP contribution in [0.5, 0.6) is 0 Å². The van der Waals surface area contributed by atoms with Crippen LogP contribution in [0.25, 0.3) is 0 Å². The maximum atomic E-state index is 4.53. The van der Waals surface area contributed by atoms with Crippen LogP contribution in [0.1, 0.15) is 41.0 Å². The van der Waals surface area contributed by atoms with Gasteiger partial charge in [-0.25, -0.2) is 0 Å². The zero-order valence-electron chi connectivity index (χ0n) is 9.96. The monoisotopic (exact) mass is 191 g/mol. The van der Waals surface area contributed by atoms with Crippen molar-refractivity contribution >= 4 is 6.21 Å². The summed E-state index contributed by atoms with van der Waals surface area (Å²) in [5.41, 5.74) is 1.39. The molecule has 0 amide bonds. The first-order valence-corrected chi connectivity index (χ1v) is 5.32. The summed E-state index contributed by atoms with van der Waals surface area (Å²) in [5.74, 6) is 0. The third kappa shape index (κ3) is 3.13. The fourth-order valence-electron chi connectivity index (χ4n) is 1.43. The van der Waals surface area contributed by atoms with E-state index in [0.717, 1.165) is 6.42 Å². The summed E-state index contributed by atoms with van der Waals surface area (Å²) in [5, 5.41) is 0. The lowest BCUT2D eigenvalue weighted by molar-refractivity contribution is 0.589. The standard InChI is InChI=1S/C13H21N/c1-6-11-9-12(2,3)7-8-13(4,5)10-14-11/h7-10H,6H2,1-5H3/b8-7-,11-9-,14-10-. The van der Waals surface area contributed by atoms with Gasteiger partial charge >= 0.3 is 0 Å². The lowest BCUT2D eigenvalue weighted by Gasteiger charge is -2.23. The highest BCUT2D eigenvalue weighted by Gasteiger charge is 2.18. The van der Waals surface area contributed by atoms with Crippen molar-refractivity contribution in [3.05, 3.63) is 23.9 Å². The summed E-state index contributed by atoms with van der Waals surface area (Å²) >= 11 is 0. The minimum absolute atomic E-state index is 0.0753. The Balaban J connectivity index is 3.10. The van der Waals surface area contributed by atoms with Crippen molar-refractivity contribution in [2.75, 3.05) is 0 Å². The molecular formula is C13H21N. The van der Waals surface area contributed by atoms with Gasteiger partial charge in [0, 0.05) is 22.7 Å². The second kappa shape index (κ2) is 3.72. The van der Waals surface area contributed by atoms with Crippen LogP contribution in [0.3, 0.4) is 0 Å². The normalized spacial score (nSPS) is 32.2. The molecule has 0 aromatic rings. The van der Waals surface area contributed by atoms with Crippen LogP contribution < -0.4 is 0 Å². The summed E-state index contributed by atoms with van der Waals surface area (Å²) in [6.07, 6.45) is 9.79. The van der Waals surface area contributed by atoms with Crippen LogP contribution in [0, 0.1) is 10.8 Å². The van der Waals surface area contributed by atoms with Crippen molar-refractivity contribution in [3.63, 3.8) is 0 Å². The molecule has 1 heteroatoms. The molecule has 1 aliphatic rings. The van der Waals surface area contributed by atoms with Gasteiger partial charge in [0.05, 0.1) is 0 Å². The Kier molecular flexibility index (Phi) is 2.98. The zero-order valence-corrected chi connectivity index (χ0v) is 9.96. The van der Waals surface area contributed by atoms with E-state index in [-0.39, 0.29) is 10.8 Å². The molecule has 0 spiro atoms. The minimum Gasteiger partial charge on any atom is -0.265 e. The summed E-state index contributed by atoms with van der Waals surface area (Å²) in [4.78, 5) is 4.53. The van der Waals surface area contributed by atoms with Crippen molar-refractivity contribution in [2.45, 2.75) is 41.0 Å². The van der Waals surface area contributed by atoms with E-state index in [9.17, 15) is 0 Å². The van der Waals surface area contributed by atoms with Gasteiger partial charge in [0.2, 0.25) is 0 Å². The molecule has 0 bridgehead atoms. The maximum absolute atomic E-state index is 4.53. The van der Waals surface area contributed by atoms with Gasteiger partial charge in [-0.2, -0.15) is 0 Å². The van der Waals surface area contributed by atoms with Crippen molar-refractivity contribution in [3.8, 4) is 0 Å². The second-order valence-corrected chi connectivity index (χ2v) is 5.22. The first-order chi connectivity index (χ1) is 6.35. The van der Waals surface area contributed by atoms with E-state index in [1.807, 2.05) is 6.21 Å². The van der Waals surface area contributed by atoms with Crippen molar-refractivity contribution in [2.24, 2.45) is 15.8 Å². The Labute approximate surface area is 87.6 Å². The maximum Gasteiger partial charge on any atom is 0.0366 e. The van der Waals surface area contributed by atoms with E-state index in [1.54, 1.807) is 0 Å². The molecule has 0 unspecified atom stereocenters. The van der Waals surface area contributed by atoms with Gasteiger partial charge in [-0.15, -0.1) is 0 Å². The molecule has 1 aliphatic heterocycles. The quantitative estimate of drug-likeness (QED) is 0.556. The molecule has 0 aromatic heterocycles. The molecule has 1 nitrogen and oxygen atoms in total. The third-order valence-corrected chi connectivity index (χ3v) is 2.41. The molecule has 0 atom stereocenters. The van der Waals surface area contributed by atoms with Crippen LogP contribution in [-0.4, -0.2) is 6.21 Å². The molecule has 0 aliphatic carbocycles. The lowest BCUT2D eigenvalue weighted by Crippen LogP contribution is -2.14. The van der Waals surface area contributed by atoms with Crippen LogP contribution in [0.4, 0.5) is 0 Å². The Morgan fingerprint density at radius 1 is 1.07 bits per heavy atom. The second-order valence-electron chi connectivity index (χ2n) is 5.22. The van der Waals surface area contributed by atoms with Crippen LogP contribution in [-0.2, 0) is 0 Å². The molecule has 14 heavy (non-hydrogen) atoms. The number of allylic oxidation sites excluding steroid dienone is 4. The molecule has 0 radical (unpaired) electrons. The molecular weight excluding hydrogens is 170 g/mol. The smallest absolute Gasteiger partial charge is 0.0366 e. The van der Waals surface area contributed by atoms with Gasteiger partial charge in [0.1, 0.15) is 0 Å². The minimum atomic E-state index is 0.0753. The Hall–Kier alpha value is -0.850. The molecule has 1 rings (SSSR count). The van der Waals surface area contributed by atoms with E-state index >= 15 is 0 Å². The fraction of sp³-hybridized carbons (Fsp3) is 0.615. The molecule has 0 fully saturated rings. The summed E-state index contributed by atoms with van der Waals surface area (Å²) in [6, 6.07) is 0. The van der Waals surface area contributed by atoms with Gasteiger partial charge in [-0.1, -0.05) is 52.8 Å². The van der Waals surface area contributed by atoms with Crippen LogP contribution >= 0.6 is 0 Å². The molecule has 78 valence electrons. The molecule has 0 saturated heterocycles. The average molecular weight is 191 g/mol. The van der Waals surface area contributed by atoms with Gasteiger partial charge in [-0.3, -0.25) is 4.99 Å². The van der Waals surface area contributed by atoms with E-state index in [1.165, 1.54) is 5.70 Å². The van der Waals surface area contributed by atoms with Crippen molar-refractivity contribution in [1.29, 1.82) is 0 Å². The summed E-state index contributed by atoms with van der Waals surface area (Å²) in [7, 11) is 0. The third-order valence-electron chi connectivity index (χ3n) is 2.41. The Morgan fingerprint density at radius 2 is 1.64 bits per heavy atom. The van der Waals surface area contributed by atoms with Crippen molar-refractivity contribution < 1.29 is 0 Å². The van der Waals surface area contributed by atoms with E-state index in [0.29, 0.717) is 0 Å². The topological polar surface area (TPSA) is 12.4 Å². The Morgan fingerprint density at radius 3 is 2.21 bits per heavy atom. The van der Waals surface area contributed by atoms with Gasteiger partial charge in [0.15, 0.2) is 0 Å². The van der Waals surface area contributed by atoms with E-state index < -0.39 is 0 Å². The number of nitrogens with zero attached hydrogens (tertiary/aromatic N) is 1. The Bertz CT molecular complexity index is 290. The first-order valence-electron chi connectivity index (χ1n) is 5.32. The van der Waals surface area contributed by atoms with Crippen LogP contribution in [0.15, 0.2) is 28.9 Å². The molecule has 0 saturated carbocycles. The molecule has 0 N–H and O–H groups in total. The van der Waals surface area contributed by atoms with Gasteiger partial charge in [-0.05, 0) is 6.42 Å². The highest BCUT2D eigenvalue weighted by molar-refractivity contribution is 5.69. The summed E-state index contributed by atoms with van der Waals surface area (Å²) < 4.78 is 0. The van der Waals surface area contributed by atoms with E-state index in [4.69, 9.17) is 0 Å².